The number of ether oxygens (including phenoxy) is 1. The molecule has 164 valence electrons. The molecule has 0 aromatic carbocycles. The van der Waals surface area contributed by atoms with Crippen molar-refractivity contribution in [1.82, 2.24) is 10.6 Å². The fourth-order valence-electron chi connectivity index (χ4n) is 4.00. The number of hydrogen-bond donors (Lipinski definition) is 5. The highest BCUT2D eigenvalue weighted by atomic mass is 35.5. The maximum absolute atomic E-state index is 12.8. The van der Waals surface area contributed by atoms with E-state index < -0.39 is 41.3 Å². The van der Waals surface area contributed by atoms with Crippen LogP contribution in [0.2, 0.25) is 0 Å². The molecule has 2 fully saturated rings. The Morgan fingerprint density at radius 1 is 1.29 bits per heavy atom. The van der Waals surface area contributed by atoms with Crippen molar-refractivity contribution in [3.05, 3.63) is 0 Å². The first kappa shape index (κ1) is 24.2. The van der Waals surface area contributed by atoms with E-state index in [1.807, 2.05) is 0 Å². The molecule has 0 aliphatic carbocycles. The van der Waals surface area contributed by atoms with E-state index in [0.717, 1.165) is 19.4 Å². The first-order valence-electron chi connectivity index (χ1n) is 10.2. The summed E-state index contributed by atoms with van der Waals surface area (Å²) in [5.74, 6) is 0.316. The predicted octanol–water partition coefficient (Wildman–Crippen LogP) is 0.828. The topological polar surface area (TPSA) is 111 Å². The molecule has 1 amide bonds. The number of hydrogen-bond acceptors (Lipinski definition) is 7. The molecule has 0 bridgehead atoms. The van der Waals surface area contributed by atoms with Gasteiger partial charge in [-0.1, -0.05) is 26.2 Å². The third-order valence-corrected chi connectivity index (χ3v) is 6.88. The van der Waals surface area contributed by atoms with Gasteiger partial charge >= 0.3 is 0 Å². The Morgan fingerprint density at radius 2 is 2.00 bits per heavy atom. The molecule has 2 aliphatic rings. The Hall–Kier alpha value is -0.0900. The second-order valence-electron chi connectivity index (χ2n) is 7.95. The molecule has 2 heterocycles. The van der Waals surface area contributed by atoms with Gasteiger partial charge in [0.25, 0.3) is 0 Å². The number of amides is 1. The molecular formula is C19H35ClN2O5S. The fourth-order valence-corrected chi connectivity index (χ4v) is 4.89. The van der Waals surface area contributed by atoms with E-state index in [0.29, 0.717) is 5.92 Å². The third-order valence-electron chi connectivity index (χ3n) is 5.75. The molecule has 0 aromatic heterocycles. The minimum absolute atomic E-state index is 0.174. The van der Waals surface area contributed by atoms with Gasteiger partial charge in [0.05, 0.1) is 17.5 Å². The Labute approximate surface area is 176 Å². The Kier molecular flexibility index (Phi) is 9.80. The van der Waals surface area contributed by atoms with Gasteiger partial charge in [0.15, 0.2) is 0 Å². The number of unbranched alkanes of at least 4 members (excludes halogenated alkanes) is 2. The van der Waals surface area contributed by atoms with Gasteiger partial charge in [-0.3, -0.25) is 4.79 Å². The fraction of sp³-hybridized carbons (Fsp3) is 0.947. The molecule has 2 saturated heterocycles. The van der Waals surface area contributed by atoms with Gasteiger partial charge in [-0.2, -0.15) is 0 Å². The number of halogens is 1. The lowest BCUT2D eigenvalue weighted by Gasteiger charge is -2.44. The summed E-state index contributed by atoms with van der Waals surface area (Å²) in [5.41, 5.74) is -0.703. The van der Waals surface area contributed by atoms with Gasteiger partial charge in [-0.15, -0.1) is 23.4 Å². The second kappa shape index (κ2) is 11.3. The van der Waals surface area contributed by atoms with Crippen molar-refractivity contribution in [1.29, 1.82) is 0 Å². The van der Waals surface area contributed by atoms with Gasteiger partial charge < -0.3 is 30.7 Å². The number of aliphatic hydroxyl groups is 3. The van der Waals surface area contributed by atoms with E-state index >= 15 is 0 Å². The summed E-state index contributed by atoms with van der Waals surface area (Å²) in [4.78, 5) is 12.8. The molecule has 7 nitrogen and oxygen atoms in total. The average molecular weight is 439 g/mol. The Bertz CT molecular complexity index is 499. The highest BCUT2D eigenvalue weighted by molar-refractivity contribution is 7.99. The third kappa shape index (κ3) is 5.97. The van der Waals surface area contributed by atoms with Crippen LogP contribution in [0.5, 0.6) is 0 Å². The SMILES string of the molecule is CCCCC[C@@H]1CN[C@H](C(=O)N[C@@H]([C@H]2O[C@H](SC)[C@H](O)[C@@H](O)[C@H]2O)[C@H](C)Cl)C1. The number of nitrogens with one attached hydrogen (secondary N) is 2. The lowest BCUT2D eigenvalue weighted by molar-refractivity contribution is -0.205. The van der Waals surface area contributed by atoms with Gasteiger partial charge in [0, 0.05) is 0 Å². The van der Waals surface area contributed by atoms with E-state index in [2.05, 4.69) is 17.6 Å². The highest BCUT2D eigenvalue weighted by Gasteiger charge is 2.48. The molecule has 0 radical (unpaired) electrons. The van der Waals surface area contributed by atoms with Crippen LogP contribution in [0.1, 0.15) is 46.0 Å². The van der Waals surface area contributed by atoms with Crippen LogP contribution in [0.15, 0.2) is 0 Å². The average Bonchev–Trinajstić information content (AvgIpc) is 3.14. The van der Waals surface area contributed by atoms with Crippen molar-refractivity contribution in [3.63, 3.8) is 0 Å². The molecule has 0 saturated carbocycles. The zero-order valence-corrected chi connectivity index (χ0v) is 18.5. The number of rotatable bonds is 9. The highest BCUT2D eigenvalue weighted by Crippen LogP contribution is 2.30. The van der Waals surface area contributed by atoms with Crippen LogP contribution < -0.4 is 10.6 Å². The van der Waals surface area contributed by atoms with Crippen LogP contribution >= 0.6 is 23.4 Å². The Morgan fingerprint density at radius 3 is 2.61 bits per heavy atom. The molecule has 2 rings (SSSR count). The molecule has 9 atom stereocenters. The summed E-state index contributed by atoms with van der Waals surface area (Å²) in [6.07, 6.45) is 2.39. The standard InChI is InChI=1S/C19H35ClN2O5S/c1-4-5-6-7-11-8-12(21-9-11)18(26)22-13(10(2)20)17-15(24)14(23)16(25)19(27-17)28-3/h10-17,19,21,23-25H,4-9H2,1-3H3,(H,22,26)/t10-,11-,12-,13+,14-,15+,16+,17+,19+/m0/s1. The van der Waals surface area contributed by atoms with Crippen LogP contribution in [0.3, 0.4) is 0 Å². The zero-order valence-electron chi connectivity index (χ0n) is 16.9. The van der Waals surface area contributed by atoms with Crippen LogP contribution in [-0.2, 0) is 9.53 Å². The molecule has 0 spiro atoms. The molecule has 9 heteroatoms. The molecule has 0 unspecified atom stereocenters. The van der Waals surface area contributed by atoms with Crippen LogP contribution in [0, 0.1) is 5.92 Å². The lowest BCUT2D eigenvalue weighted by atomic mass is 9.92. The summed E-state index contributed by atoms with van der Waals surface area (Å²) >= 11 is 7.54. The van der Waals surface area contributed by atoms with Gasteiger partial charge in [0.2, 0.25) is 5.91 Å². The number of carbonyl (C=O) groups excluding carboxylic acids is 1. The molecule has 0 aromatic rings. The van der Waals surface area contributed by atoms with Crippen LogP contribution in [0.25, 0.3) is 0 Å². The summed E-state index contributed by atoms with van der Waals surface area (Å²) in [5, 5.41) is 36.3. The van der Waals surface area contributed by atoms with E-state index in [1.54, 1.807) is 13.2 Å². The van der Waals surface area contributed by atoms with Crippen molar-refractivity contribution >= 4 is 29.3 Å². The maximum Gasteiger partial charge on any atom is 0.237 e. The van der Waals surface area contributed by atoms with Crippen molar-refractivity contribution in [2.75, 3.05) is 12.8 Å². The van der Waals surface area contributed by atoms with Crippen molar-refractivity contribution in [3.8, 4) is 0 Å². The molecule has 5 N–H and O–H groups in total. The second-order valence-corrected chi connectivity index (χ2v) is 9.57. The van der Waals surface area contributed by atoms with Gasteiger partial charge in [0.1, 0.15) is 29.9 Å². The van der Waals surface area contributed by atoms with Crippen molar-refractivity contribution in [2.24, 2.45) is 5.92 Å². The minimum Gasteiger partial charge on any atom is -0.388 e. The Balaban J connectivity index is 1.98. The van der Waals surface area contributed by atoms with Crippen molar-refractivity contribution in [2.45, 2.75) is 93.3 Å². The largest absolute Gasteiger partial charge is 0.388 e. The van der Waals surface area contributed by atoms with E-state index in [-0.39, 0.29) is 11.9 Å². The normalized spacial score (nSPS) is 38.2. The number of carbonyl (C=O) groups is 1. The molecular weight excluding hydrogens is 404 g/mol. The summed E-state index contributed by atoms with van der Waals surface area (Å²) in [7, 11) is 0. The van der Waals surface area contributed by atoms with E-state index in [1.165, 1.54) is 31.0 Å². The van der Waals surface area contributed by atoms with Gasteiger partial charge in [-0.25, -0.2) is 0 Å². The summed E-state index contributed by atoms with van der Waals surface area (Å²) in [6.45, 7) is 4.71. The first-order valence-corrected chi connectivity index (χ1v) is 11.9. The van der Waals surface area contributed by atoms with Crippen LogP contribution in [-0.4, -0.2) is 81.3 Å². The van der Waals surface area contributed by atoms with E-state index in [9.17, 15) is 20.1 Å². The van der Waals surface area contributed by atoms with Crippen LogP contribution in [0.4, 0.5) is 0 Å². The van der Waals surface area contributed by atoms with Gasteiger partial charge in [-0.05, 0) is 38.5 Å². The number of aliphatic hydroxyl groups excluding tert-OH is 3. The quantitative estimate of drug-likeness (QED) is 0.268. The molecule has 28 heavy (non-hydrogen) atoms. The first-order chi connectivity index (χ1) is 13.3. The number of thioether (sulfide) groups is 1. The van der Waals surface area contributed by atoms with E-state index in [4.69, 9.17) is 16.3 Å². The summed E-state index contributed by atoms with van der Waals surface area (Å²) in [6, 6.07) is -0.987. The lowest BCUT2D eigenvalue weighted by Crippen LogP contribution is -2.65. The minimum atomic E-state index is -1.36. The maximum atomic E-state index is 12.8. The van der Waals surface area contributed by atoms with Crippen molar-refractivity contribution < 1.29 is 24.9 Å². The zero-order chi connectivity index (χ0) is 20.8. The smallest absolute Gasteiger partial charge is 0.237 e. The monoisotopic (exact) mass is 438 g/mol. The number of alkyl halides is 1. The predicted molar refractivity (Wildman–Crippen MR) is 111 cm³/mol. The summed E-state index contributed by atoms with van der Waals surface area (Å²) < 4.78 is 5.79. The molecule has 2 aliphatic heterocycles.